The van der Waals surface area contributed by atoms with Crippen LogP contribution in [0.5, 0.6) is 0 Å². The summed E-state index contributed by atoms with van der Waals surface area (Å²) in [5, 5.41) is 3.40. The lowest BCUT2D eigenvalue weighted by Crippen LogP contribution is -2.34. The second kappa shape index (κ2) is 5.87. The summed E-state index contributed by atoms with van der Waals surface area (Å²) in [5.74, 6) is 1.59. The molecule has 2 rings (SSSR count). The maximum absolute atomic E-state index is 5.71. The van der Waals surface area contributed by atoms with Gasteiger partial charge in [-0.3, -0.25) is 0 Å². The van der Waals surface area contributed by atoms with E-state index in [0.29, 0.717) is 12.0 Å². The van der Waals surface area contributed by atoms with E-state index in [1.54, 1.807) is 0 Å². The molecule has 1 aliphatic rings. The van der Waals surface area contributed by atoms with E-state index in [1.165, 1.54) is 5.56 Å². The lowest BCUT2D eigenvalue weighted by atomic mass is 9.88. The van der Waals surface area contributed by atoms with Crippen molar-refractivity contribution in [2.45, 2.75) is 31.7 Å². The van der Waals surface area contributed by atoms with Crippen LogP contribution in [0.25, 0.3) is 0 Å². The summed E-state index contributed by atoms with van der Waals surface area (Å²) in [6, 6.07) is 11.0. The maximum atomic E-state index is 5.71. The number of likely N-dealkylation sites (N-methyl/N-ethyl adjacent to an activating group) is 1. The van der Waals surface area contributed by atoms with Crippen LogP contribution in [0.1, 0.15) is 31.2 Å². The quantitative estimate of drug-likeness (QED) is 0.841. The van der Waals surface area contributed by atoms with Crippen LogP contribution in [0.4, 0.5) is 0 Å². The normalized spacial score (nSPS) is 18.4. The molecule has 0 spiro atoms. The molecule has 2 unspecified atom stereocenters. The molecule has 1 N–H and O–H groups in total. The molecule has 0 saturated heterocycles. The second-order valence-electron chi connectivity index (χ2n) is 4.44. The van der Waals surface area contributed by atoms with E-state index in [2.05, 4.69) is 48.6 Å². The van der Waals surface area contributed by atoms with Gasteiger partial charge in [0.05, 0.1) is 12.6 Å². The Morgan fingerprint density at radius 1 is 1.29 bits per heavy atom. The van der Waals surface area contributed by atoms with Gasteiger partial charge < -0.3 is 10.1 Å². The van der Waals surface area contributed by atoms with Gasteiger partial charge >= 0.3 is 0 Å². The fourth-order valence-corrected chi connectivity index (χ4v) is 2.56. The number of hydrogen-bond acceptors (Lipinski definition) is 2. The van der Waals surface area contributed by atoms with E-state index in [4.69, 9.17) is 4.74 Å². The molecule has 2 nitrogen and oxygen atoms in total. The van der Waals surface area contributed by atoms with Crippen molar-refractivity contribution in [3.05, 3.63) is 47.7 Å². The summed E-state index contributed by atoms with van der Waals surface area (Å²) in [5.41, 5.74) is 1.38. The van der Waals surface area contributed by atoms with Gasteiger partial charge in [-0.05, 0) is 25.1 Å². The molecule has 0 saturated carbocycles. The first kappa shape index (κ1) is 12.2. The summed E-state index contributed by atoms with van der Waals surface area (Å²) in [4.78, 5) is 0. The molecule has 1 aliphatic heterocycles. The molecule has 0 amide bonds. The van der Waals surface area contributed by atoms with Gasteiger partial charge in [-0.25, -0.2) is 0 Å². The summed E-state index contributed by atoms with van der Waals surface area (Å²) < 4.78 is 5.71. The highest BCUT2D eigenvalue weighted by molar-refractivity contribution is 5.25. The average Bonchev–Trinajstić information content (AvgIpc) is 2.90. The van der Waals surface area contributed by atoms with Crippen molar-refractivity contribution in [2.75, 3.05) is 13.7 Å². The van der Waals surface area contributed by atoms with E-state index >= 15 is 0 Å². The Balaban J connectivity index is 2.21. The van der Waals surface area contributed by atoms with Gasteiger partial charge in [-0.2, -0.15) is 0 Å². The summed E-state index contributed by atoms with van der Waals surface area (Å²) in [7, 11) is 2.01. The molecule has 0 aliphatic carbocycles. The largest absolute Gasteiger partial charge is 0.496 e. The lowest BCUT2D eigenvalue weighted by Gasteiger charge is -2.27. The highest BCUT2D eigenvalue weighted by atomic mass is 16.5. The zero-order chi connectivity index (χ0) is 12.1. The first-order valence-electron chi connectivity index (χ1n) is 6.42. The molecule has 2 atom stereocenters. The van der Waals surface area contributed by atoms with E-state index in [0.717, 1.165) is 25.2 Å². The van der Waals surface area contributed by atoms with Gasteiger partial charge in [0.25, 0.3) is 0 Å². The smallest absolute Gasteiger partial charge is 0.110 e. The molecule has 0 radical (unpaired) electrons. The van der Waals surface area contributed by atoms with Crippen LogP contribution in [0.2, 0.25) is 0 Å². The first-order chi connectivity index (χ1) is 8.36. The van der Waals surface area contributed by atoms with Crippen LogP contribution >= 0.6 is 0 Å². The molecule has 0 bridgehead atoms. The maximum Gasteiger partial charge on any atom is 0.110 e. The standard InChI is InChI=1S/C15H21NO/c1-3-13(12-8-5-4-6-9-12)15(16-2)14-10-7-11-17-14/h4-6,8-10,13,15-16H,3,7,11H2,1-2H3. The number of benzene rings is 1. The molecule has 17 heavy (non-hydrogen) atoms. The van der Waals surface area contributed by atoms with Crippen molar-refractivity contribution >= 4 is 0 Å². The third-order valence-corrected chi connectivity index (χ3v) is 3.42. The van der Waals surface area contributed by atoms with Gasteiger partial charge in [-0.1, -0.05) is 37.3 Å². The SMILES string of the molecule is CCC(c1ccccc1)C(NC)C1=CCCO1. The molecular weight excluding hydrogens is 210 g/mol. The Bertz CT molecular complexity index is 372. The van der Waals surface area contributed by atoms with Crippen molar-refractivity contribution in [3.63, 3.8) is 0 Å². The Labute approximate surface area is 104 Å². The zero-order valence-corrected chi connectivity index (χ0v) is 10.6. The monoisotopic (exact) mass is 231 g/mol. The van der Waals surface area contributed by atoms with Crippen molar-refractivity contribution in [1.82, 2.24) is 5.32 Å². The van der Waals surface area contributed by atoms with Crippen LogP contribution in [-0.2, 0) is 4.74 Å². The average molecular weight is 231 g/mol. The Morgan fingerprint density at radius 2 is 2.06 bits per heavy atom. The summed E-state index contributed by atoms with van der Waals surface area (Å²) in [6.45, 7) is 3.07. The van der Waals surface area contributed by atoms with Crippen molar-refractivity contribution in [1.29, 1.82) is 0 Å². The number of hydrogen-bond donors (Lipinski definition) is 1. The molecule has 92 valence electrons. The van der Waals surface area contributed by atoms with Crippen LogP contribution in [0.3, 0.4) is 0 Å². The Morgan fingerprint density at radius 3 is 2.59 bits per heavy atom. The summed E-state index contributed by atoms with van der Waals surface area (Å²) in [6.07, 6.45) is 4.36. The minimum Gasteiger partial charge on any atom is -0.496 e. The van der Waals surface area contributed by atoms with Crippen LogP contribution in [-0.4, -0.2) is 19.7 Å². The van der Waals surface area contributed by atoms with Crippen LogP contribution in [0.15, 0.2) is 42.2 Å². The van der Waals surface area contributed by atoms with E-state index in [-0.39, 0.29) is 0 Å². The van der Waals surface area contributed by atoms with E-state index in [9.17, 15) is 0 Å². The minimum absolute atomic E-state index is 0.296. The molecule has 1 aromatic carbocycles. The molecule has 0 fully saturated rings. The number of nitrogens with one attached hydrogen (secondary N) is 1. The molecule has 2 heteroatoms. The highest BCUT2D eigenvalue weighted by Gasteiger charge is 2.26. The van der Waals surface area contributed by atoms with Crippen molar-refractivity contribution in [2.24, 2.45) is 0 Å². The fourth-order valence-electron chi connectivity index (χ4n) is 2.56. The van der Waals surface area contributed by atoms with Crippen LogP contribution in [0, 0.1) is 0 Å². The van der Waals surface area contributed by atoms with Gasteiger partial charge in [0.15, 0.2) is 0 Å². The Hall–Kier alpha value is -1.28. The predicted molar refractivity (Wildman–Crippen MR) is 71.0 cm³/mol. The first-order valence-corrected chi connectivity index (χ1v) is 6.42. The fraction of sp³-hybridized carbons (Fsp3) is 0.467. The van der Waals surface area contributed by atoms with Gasteiger partial charge in [-0.15, -0.1) is 0 Å². The number of ether oxygens (including phenoxy) is 1. The van der Waals surface area contributed by atoms with E-state index < -0.39 is 0 Å². The second-order valence-corrected chi connectivity index (χ2v) is 4.44. The van der Waals surface area contributed by atoms with Gasteiger partial charge in [0.1, 0.15) is 5.76 Å². The highest BCUT2D eigenvalue weighted by Crippen LogP contribution is 2.29. The molecule has 0 aromatic heterocycles. The van der Waals surface area contributed by atoms with Crippen molar-refractivity contribution in [3.8, 4) is 0 Å². The predicted octanol–water partition coefficient (Wildman–Crippen LogP) is 3.07. The van der Waals surface area contributed by atoms with Crippen LogP contribution < -0.4 is 5.32 Å². The molecule has 1 aromatic rings. The third kappa shape index (κ3) is 2.70. The summed E-state index contributed by atoms with van der Waals surface area (Å²) >= 11 is 0. The lowest BCUT2D eigenvalue weighted by molar-refractivity contribution is 0.207. The zero-order valence-electron chi connectivity index (χ0n) is 10.6. The van der Waals surface area contributed by atoms with E-state index in [1.807, 2.05) is 7.05 Å². The van der Waals surface area contributed by atoms with Gasteiger partial charge in [0.2, 0.25) is 0 Å². The molecular formula is C15H21NO. The topological polar surface area (TPSA) is 21.3 Å². The number of rotatable bonds is 5. The van der Waals surface area contributed by atoms with Gasteiger partial charge in [0, 0.05) is 12.3 Å². The minimum atomic E-state index is 0.296. The van der Waals surface area contributed by atoms with Crippen molar-refractivity contribution < 1.29 is 4.74 Å². The molecule has 1 heterocycles. The third-order valence-electron chi connectivity index (χ3n) is 3.42. The Kier molecular flexibility index (Phi) is 4.21.